The first-order chi connectivity index (χ1) is 12.6. The maximum absolute atomic E-state index is 12.6. The lowest BCUT2D eigenvalue weighted by Crippen LogP contribution is -2.33. The lowest BCUT2D eigenvalue weighted by atomic mass is 10.2. The predicted octanol–water partition coefficient (Wildman–Crippen LogP) is 4.20. The molecule has 0 spiro atoms. The lowest BCUT2D eigenvalue weighted by molar-refractivity contribution is -0.121. The van der Waals surface area contributed by atoms with Gasteiger partial charge in [0.2, 0.25) is 0 Å². The molecule has 1 saturated heterocycles. The van der Waals surface area contributed by atoms with E-state index in [9.17, 15) is 9.59 Å². The summed E-state index contributed by atoms with van der Waals surface area (Å²) in [7, 11) is 0. The van der Waals surface area contributed by atoms with Gasteiger partial charge in [0.1, 0.15) is 4.32 Å². The number of hydrogen-bond donors (Lipinski definition) is 1. The molecule has 0 bridgehead atoms. The van der Waals surface area contributed by atoms with Crippen LogP contribution in [0, 0.1) is 0 Å². The standard InChI is InChI=1S/C18H16N2O3S3/c1-2-23-17(22)13-7-3-4-8-14(13)19-11-20-16(21)15(26-18(20)24)10-12-6-5-9-25-12/h3-10,19H,2,11H2,1H3. The van der Waals surface area contributed by atoms with Gasteiger partial charge in [-0.3, -0.25) is 9.69 Å². The molecule has 1 aliphatic heterocycles. The van der Waals surface area contributed by atoms with Crippen LogP contribution in [0.1, 0.15) is 22.2 Å². The van der Waals surface area contributed by atoms with Crippen LogP contribution < -0.4 is 5.32 Å². The molecule has 0 aliphatic carbocycles. The minimum atomic E-state index is -0.404. The zero-order valence-corrected chi connectivity index (χ0v) is 16.4. The molecule has 0 unspecified atom stereocenters. The van der Waals surface area contributed by atoms with Gasteiger partial charge in [-0.1, -0.05) is 42.2 Å². The number of thiophene rings is 1. The first-order valence-corrected chi connectivity index (χ1v) is 9.99. The number of carbonyl (C=O) groups excluding carboxylic acids is 2. The molecular formula is C18H16N2O3S3. The summed E-state index contributed by atoms with van der Waals surface area (Å²) in [5, 5.41) is 5.07. The van der Waals surface area contributed by atoms with Gasteiger partial charge in [0.05, 0.1) is 29.4 Å². The van der Waals surface area contributed by atoms with E-state index < -0.39 is 5.97 Å². The van der Waals surface area contributed by atoms with Crippen molar-refractivity contribution in [3.63, 3.8) is 0 Å². The fourth-order valence-electron chi connectivity index (χ4n) is 2.33. The molecule has 26 heavy (non-hydrogen) atoms. The Kier molecular flexibility index (Phi) is 6.08. The smallest absolute Gasteiger partial charge is 0.340 e. The number of nitrogens with one attached hydrogen (secondary N) is 1. The van der Waals surface area contributed by atoms with E-state index in [1.807, 2.05) is 29.7 Å². The SMILES string of the molecule is CCOC(=O)c1ccccc1NCN1C(=O)C(=Cc2cccs2)SC1=S. The van der Waals surface area contributed by atoms with E-state index in [0.29, 0.717) is 27.1 Å². The van der Waals surface area contributed by atoms with Crippen molar-refractivity contribution in [2.45, 2.75) is 6.92 Å². The molecule has 2 heterocycles. The first kappa shape index (κ1) is 18.6. The van der Waals surface area contributed by atoms with E-state index in [1.165, 1.54) is 16.7 Å². The van der Waals surface area contributed by atoms with Crippen LogP contribution in [-0.2, 0) is 9.53 Å². The molecule has 1 aromatic heterocycles. The second-order valence-electron chi connectivity index (χ2n) is 5.23. The summed E-state index contributed by atoms with van der Waals surface area (Å²) in [6.45, 7) is 2.24. The quantitative estimate of drug-likeness (QED) is 0.442. The monoisotopic (exact) mass is 404 g/mol. The van der Waals surface area contributed by atoms with Crippen molar-refractivity contribution in [2.75, 3.05) is 18.6 Å². The Bertz CT molecular complexity index is 862. The highest BCUT2D eigenvalue weighted by Crippen LogP contribution is 2.33. The van der Waals surface area contributed by atoms with E-state index in [2.05, 4.69) is 5.32 Å². The number of benzene rings is 1. The molecule has 1 aromatic carbocycles. The van der Waals surface area contributed by atoms with Gasteiger partial charge in [0, 0.05) is 4.88 Å². The maximum atomic E-state index is 12.6. The van der Waals surface area contributed by atoms with Crippen molar-refractivity contribution in [3.05, 3.63) is 57.1 Å². The summed E-state index contributed by atoms with van der Waals surface area (Å²) >= 11 is 8.17. The highest BCUT2D eigenvalue weighted by molar-refractivity contribution is 8.26. The van der Waals surface area contributed by atoms with Crippen LogP contribution in [-0.4, -0.2) is 34.4 Å². The molecule has 8 heteroatoms. The number of amides is 1. The summed E-state index contributed by atoms with van der Waals surface area (Å²) in [6.07, 6.45) is 1.84. The van der Waals surface area contributed by atoms with Crippen LogP contribution in [0.5, 0.6) is 0 Å². The summed E-state index contributed by atoms with van der Waals surface area (Å²) in [5.41, 5.74) is 1.02. The van der Waals surface area contributed by atoms with Crippen LogP contribution in [0.3, 0.4) is 0 Å². The van der Waals surface area contributed by atoms with Crippen LogP contribution in [0.25, 0.3) is 6.08 Å². The van der Waals surface area contributed by atoms with Crippen molar-refractivity contribution in [2.24, 2.45) is 0 Å². The Labute approximate surface area is 165 Å². The molecular weight excluding hydrogens is 388 g/mol. The number of hydrogen-bond acceptors (Lipinski definition) is 7. The predicted molar refractivity (Wildman–Crippen MR) is 110 cm³/mol. The fraction of sp³-hybridized carbons (Fsp3) is 0.167. The van der Waals surface area contributed by atoms with E-state index in [-0.39, 0.29) is 12.6 Å². The third kappa shape index (κ3) is 4.14. The van der Waals surface area contributed by atoms with Crippen LogP contribution in [0.4, 0.5) is 5.69 Å². The van der Waals surface area contributed by atoms with E-state index in [0.717, 1.165) is 4.88 Å². The number of para-hydroxylation sites is 1. The Balaban J connectivity index is 1.72. The number of ether oxygens (including phenoxy) is 1. The minimum absolute atomic E-state index is 0.144. The largest absolute Gasteiger partial charge is 0.462 e. The maximum Gasteiger partial charge on any atom is 0.340 e. The summed E-state index contributed by atoms with van der Waals surface area (Å²) in [4.78, 5) is 27.7. The third-order valence-electron chi connectivity index (χ3n) is 3.54. The second kappa shape index (κ2) is 8.48. The molecule has 1 N–H and O–H groups in total. The zero-order chi connectivity index (χ0) is 18.5. The van der Waals surface area contributed by atoms with Crippen molar-refractivity contribution < 1.29 is 14.3 Å². The molecule has 1 fully saturated rings. The number of esters is 1. The molecule has 1 aliphatic rings. The second-order valence-corrected chi connectivity index (χ2v) is 7.88. The highest BCUT2D eigenvalue weighted by atomic mass is 32.2. The molecule has 3 rings (SSSR count). The Hall–Kier alpha value is -2.16. The molecule has 1 amide bonds. The molecule has 0 atom stereocenters. The molecule has 2 aromatic rings. The summed E-state index contributed by atoms with van der Waals surface area (Å²) in [6, 6.07) is 10.9. The van der Waals surface area contributed by atoms with Gasteiger partial charge >= 0.3 is 5.97 Å². The Morgan fingerprint density at radius 2 is 2.12 bits per heavy atom. The van der Waals surface area contributed by atoms with Gasteiger partial charge in [-0.15, -0.1) is 11.3 Å². The van der Waals surface area contributed by atoms with Crippen molar-refractivity contribution in [1.29, 1.82) is 0 Å². The average Bonchev–Trinajstić information content (AvgIpc) is 3.23. The number of nitrogens with zero attached hydrogens (tertiary/aromatic N) is 1. The topological polar surface area (TPSA) is 58.6 Å². The fourth-order valence-corrected chi connectivity index (χ4v) is 4.31. The van der Waals surface area contributed by atoms with Crippen molar-refractivity contribution >= 4 is 63.3 Å². The van der Waals surface area contributed by atoms with Crippen LogP contribution >= 0.6 is 35.3 Å². The van der Waals surface area contributed by atoms with Gasteiger partial charge in [-0.05, 0) is 36.6 Å². The van der Waals surface area contributed by atoms with E-state index in [4.69, 9.17) is 17.0 Å². The van der Waals surface area contributed by atoms with E-state index in [1.54, 1.807) is 36.5 Å². The number of rotatable bonds is 6. The molecule has 5 nitrogen and oxygen atoms in total. The Morgan fingerprint density at radius 1 is 1.31 bits per heavy atom. The minimum Gasteiger partial charge on any atom is -0.462 e. The average molecular weight is 405 g/mol. The lowest BCUT2D eigenvalue weighted by Gasteiger charge is -2.17. The zero-order valence-electron chi connectivity index (χ0n) is 13.9. The van der Waals surface area contributed by atoms with Crippen molar-refractivity contribution in [3.8, 4) is 0 Å². The number of anilines is 1. The number of thioether (sulfide) groups is 1. The van der Waals surface area contributed by atoms with Gasteiger partial charge in [-0.25, -0.2) is 4.79 Å². The van der Waals surface area contributed by atoms with Gasteiger partial charge in [0.25, 0.3) is 5.91 Å². The summed E-state index contributed by atoms with van der Waals surface area (Å²) < 4.78 is 5.55. The first-order valence-electron chi connectivity index (χ1n) is 7.89. The molecule has 134 valence electrons. The summed E-state index contributed by atoms with van der Waals surface area (Å²) in [5.74, 6) is -0.548. The Morgan fingerprint density at radius 3 is 2.85 bits per heavy atom. The molecule has 0 saturated carbocycles. The number of carbonyl (C=O) groups is 2. The van der Waals surface area contributed by atoms with Gasteiger partial charge in [0.15, 0.2) is 0 Å². The van der Waals surface area contributed by atoms with Gasteiger partial charge in [-0.2, -0.15) is 0 Å². The van der Waals surface area contributed by atoms with Gasteiger partial charge < -0.3 is 10.1 Å². The van der Waals surface area contributed by atoms with E-state index >= 15 is 0 Å². The highest BCUT2D eigenvalue weighted by Gasteiger charge is 2.32. The van der Waals surface area contributed by atoms with Crippen LogP contribution in [0.2, 0.25) is 0 Å². The van der Waals surface area contributed by atoms with Crippen molar-refractivity contribution in [1.82, 2.24) is 4.90 Å². The molecule has 0 radical (unpaired) electrons. The normalized spacial score (nSPS) is 15.6. The number of thiocarbonyl (C=S) groups is 1. The third-order valence-corrected chi connectivity index (χ3v) is 5.74. The van der Waals surface area contributed by atoms with Crippen LogP contribution in [0.15, 0.2) is 46.7 Å².